The third-order valence-corrected chi connectivity index (χ3v) is 8.53. The zero-order valence-corrected chi connectivity index (χ0v) is 21.2. The van der Waals surface area contributed by atoms with Crippen LogP contribution in [0.2, 0.25) is 51.4 Å². The molecule has 0 saturated carbocycles. The highest BCUT2D eigenvalue weighted by atomic mass is 28.3. The molecule has 0 aliphatic heterocycles. The first-order chi connectivity index (χ1) is 14.1. The van der Waals surface area contributed by atoms with Crippen LogP contribution in [0.3, 0.4) is 0 Å². The summed E-state index contributed by atoms with van der Waals surface area (Å²) >= 11 is 0. The van der Waals surface area contributed by atoms with E-state index in [1.54, 1.807) is 9.13 Å². The number of para-hydroxylation sites is 1. The highest BCUT2D eigenvalue weighted by molar-refractivity contribution is 6.76. The largest absolute Gasteiger partial charge is 0.361 e. The van der Waals surface area contributed by atoms with E-state index in [-0.39, 0.29) is 19.2 Å². The number of imidazole rings is 1. The Bertz CT molecular complexity index is 980. The maximum atomic E-state index is 13.2. The molecule has 0 amide bonds. The second-order valence-corrected chi connectivity index (χ2v) is 21.6. The number of hydrogen-bond acceptors (Lipinski definition) is 4. The van der Waals surface area contributed by atoms with Crippen molar-refractivity contribution >= 4 is 38.2 Å². The maximum absolute atomic E-state index is 13.2. The lowest BCUT2D eigenvalue weighted by molar-refractivity contribution is 0.0753. The Morgan fingerprint density at radius 2 is 1.43 bits per heavy atom. The second-order valence-electron chi connectivity index (χ2n) is 10.4. The third-order valence-electron chi connectivity index (χ3n) is 5.13. The highest BCUT2D eigenvalue weighted by Crippen LogP contribution is 2.20. The predicted molar refractivity (Wildman–Crippen MR) is 130 cm³/mol. The molecule has 0 spiro atoms. The van der Waals surface area contributed by atoms with Crippen molar-refractivity contribution in [1.82, 2.24) is 14.1 Å². The van der Waals surface area contributed by atoms with Crippen LogP contribution in [-0.2, 0) is 22.9 Å². The molecule has 6 nitrogen and oxygen atoms in total. The van der Waals surface area contributed by atoms with Crippen LogP contribution in [0.1, 0.15) is 0 Å². The van der Waals surface area contributed by atoms with Crippen molar-refractivity contribution in [2.45, 2.75) is 64.8 Å². The summed E-state index contributed by atoms with van der Waals surface area (Å²) in [4.78, 5) is 18.0. The molecule has 0 radical (unpaired) electrons. The van der Waals surface area contributed by atoms with Crippen molar-refractivity contribution in [3.8, 4) is 0 Å². The zero-order valence-electron chi connectivity index (χ0n) is 19.2. The fourth-order valence-electron chi connectivity index (χ4n) is 3.14. The van der Waals surface area contributed by atoms with Gasteiger partial charge >= 0.3 is 5.69 Å². The quantitative estimate of drug-likeness (QED) is 0.326. The van der Waals surface area contributed by atoms with Crippen molar-refractivity contribution in [2.24, 2.45) is 0 Å². The molecule has 2 heterocycles. The van der Waals surface area contributed by atoms with Gasteiger partial charge in [-0.05, 0) is 24.2 Å². The first-order valence-electron chi connectivity index (χ1n) is 10.7. The molecule has 0 N–H and O–H groups in total. The standard InChI is InChI=1S/C22H35N3O3Si2/c1-29(2,3)13-11-27-16-24-20-15-18-9-7-8-10-19(18)23-21(20)25(22(24)26)17-28-12-14-30(4,5)6/h7-10,15H,11-14,16-17H2,1-6H3. The average molecular weight is 446 g/mol. The minimum Gasteiger partial charge on any atom is -0.361 e. The lowest BCUT2D eigenvalue weighted by Gasteiger charge is -2.15. The van der Waals surface area contributed by atoms with Crippen LogP contribution in [0.4, 0.5) is 0 Å². The van der Waals surface area contributed by atoms with Gasteiger partial charge in [0.25, 0.3) is 0 Å². The van der Waals surface area contributed by atoms with Crippen molar-refractivity contribution in [3.05, 3.63) is 40.8 Å². The van der Waals surface area contributed by atoms with E-state index in [4.69, 9.17) is 14.5 Å². The van der Waals surface area contributed by atoms with E-state index in [9.17, 15) is 4.79 Å². The Morgan fingerprint density at radius 3 is 2.03 bits per heavy atom. The smallest absolute Gasteiger partial charge is 0.334 e. The summed E-state index contributed by atoms with van der Waals surface area (Å²) in [5.41, 5.74) is 2.19. The highest BCUT2D eigenvalue weighted by Gasteiger charge is 2.18. The first-order valence-corrected chi connectivity index (χ1v) is 18.1. The molecule has 8 heteroatoms. The minimum absolute atomic E-state index is 0.131. The van der Waals surface area contributed by atoms with Crippen molar-refractivity contribution in [2.75, 3.05) is 13.2 Å². The van der Waals surface area contributed by atoms with Gasteiger partial charge in [0.15, 0.2) is 5.65 Å². The lowest BCUT2D eigenvalue weighted by atomic mass is 10.2. The van der Waals surface area contributed by atoms with Crippen molar-refractivity contribution < 1.29 is 9.47 Å². The fourth-order valence-corrected chi connectivity index (χ4v) is 4.65. The summed E-state index contributed by atoms with van der Waals surface area (Å²) in [6.07, 6.45) is 0. The number of hydrogen-bond donors (Lipinski definition) is 0. The number of nitrogens with zero attached hydrogens (tertiary/aromatic N) is 3. The van der Waals surface area contributed by atoms with Gasteiger partial charge in [0.2, 0.25) is 0 Å². The van der Waals surface area contributed by atoms with E-state index in [0.717, 1.165) is 28.5 Å². The van der Waals surface area contributed by atoms with Gasteiger partial charge in [0.05, 0.1) is 11.0 Å². The summed E-state index contributed by atoms with van der Waals surface area (Å²) in [6.45, 7) is 15.7. The second kappa shape index (κ2) is 9.17. The number of benzene rings is 1. The minimum atomic E-state index is -1.18. The first kappa shape index (κ1) is 22.9. The van der Waals surface area contributed by atoms with Gasteiger partial charge in [-0.15, -0.1) is 0 Å². The van der Waals surface area contributed by atoms with Gasteiger partial charge in [0, 0.05) is 34.7 Å². The molecule has 164 valence electrons. The number of ether oxygens (including phenoxy) is 2. The van der Waals surface area contributed by atoms with Gasteiger partial charge in [-0.3, -0.25) is 9.13 Å². The molecule has 0 unspecified atom stereocenters. The Balaban J connectivity index is 1.89. The summed E-state index contributed by atoms with van der Waals surface area (Å²) in [6, 6.07) is 12.1. The molecule has 30 heavy (non-hydrogen) atoms. The SMILES string of the molecule is C[Si](C)(C)CCOCn1c(=O)n(COCC[Si](C)(C)C)c2nc3ccccc3cc21. The summed E-state index contributed by atoms with van der Waals surface area (Å²) < 4.78 is 15.1. The van der Waals surface area contributed by atoms with Crippen LogP contribution >= 0.6 is 0 Å². The molecule has 0 aliphatic carbocycles. The Labute approximate surface area is 180 Å². The van der Waals surface area contributed by atoms with Crippen molar-refractivity contribution in [1.29, 1.82) is 0 Å². The molecule has 2 aromatic heterocycles. The molecule has 3 aromatic rings. The maximum Gasteiger partial charge on any atom is 0.334 e. The van der Waals surface area contributed by atoms with E-state index < -0.39 is 16.1 Å². The van der Waals surface area contributed by atoms with E-state index in [1.807, 2.05) is 30.3 Å². The van der Waals surface area contributed by atoms with Crippen LogP contribution in [-0.4, -0.2) is 43.5 Å². The molecule has 0 fully saturated rings. The Kier molecular flexibility index (Phi) is 7.01. The topological polar surface area (TPSA) is 58.3 Å². The molecule has 0 aliphatic rings. The van der Waals surface area contributed by atoms with Crippen LogP contribution in [0.15, 0.2) is 35.1 Å². The van der Waals surface area contributed by atoms with Gasteiger partial charge in [-0.1, -0.05) is 57.5 Å². The van der Waals surface area contributed by atoms with Gasteiger partial charge in [-0.2, -0.15) is 0 Å². The summed E-state index contributed by atoms with van der Waals surface area (Å²) in [7, 11) is -2.36. The Hall–Kier alpha value is -1.75. The predicted octanol–water partition coefficient (Wildman–Crippen LogP) is 4.98. The number of aromatic nitrogens is 3. The molecule has 0 atom stereocenters. The average Bonchev–Trinajstić information content (AvgIpc) is 2.89. The van der Waals surface area contributed by atoms with Crippen LogP contribution < -0.4 is 5.69 Å². The van der Waals surface area contributed by atoms with E-state index >= 15 is 0 Å². The van der Waals surface area contributed by atoms with E-state index in [2.05, 4.69) is 39.3 Å². The van der Waals surface area contributed by atoms with Crippen LogP contribution in [0.5, 0.6) is 0 Å². The van der Waals surface area contributed by atoms with Gasteiger partial charge in [0.1, 0.15) is 13.5 Å². The molecule has 3 rings (SSSR count). The third kappa shape index (κ3) is 5.90. The number of pyridine rings is 1. The number of fused-ring (bicyclic) bond motifs is 2. The van der Waals surface area contributed by atoms with Crippen LogP contribution in [0, 0.1) is 0 Å². The van der Waals surface area contributed by atoms with Crippen molar-refractivity contribution in [3.63, 3.8) is 0 Å². The fraction of sp³-hybridized carbons (Fsp3) is 0.545. The molecule has 0 saturated heterocycles. The van der Waals surface area contributed by atoms with Gasteiger partial charge < -0.3 is 9.47 Å². The Morgan fingerprint density at radius 1 is 0.867 bits per heavy atom. The molecule has 1 aromatic carbocycles. The normalized spacial score (nSPS) is 12.9. The zero-order chi connectivity index (χ0) is 21.9. The van der Waals surface area contributed by atoms with Gasteiger partial charge in [-0.25, -0.2) is 9.78 Å². The molecular weight excluding hydrogens is 410 g/mol. The lowest BCUT2D eigenvalue weighted by Crippen LogP contribution is -2.28. The monoisotopic (exact) mass is 445 g/mol. The summed E-state index contributed by atoms with van der Waals surface area (Å²) in [5.74, 6) is 0. The number of rotatable bonds is 10. The summed E-state index contributed by atoms with van der Waals surface area (Å²) in [5, 5.41) is 1.01. The molecular formula is C22H35N3O3Si2. The van der Waals surface area contributed by atoms with E-state index in [1.165, 1.54) is 0 Å². The van der Waals surface area contributed by atoms with Crippen LogP contribution in [0.25, 0.3) is 22.1 Å². The molecule has 0 bridgehead atoms. The van der Waals surface area contributed by atoms with E-state index in [0.29, 0.717) is 18.9 Å².